The average molecular weight is 564 g/mol. The first-order valence-corrected chi connectivity index (χ1v) is 12.8. The molecule has 5 rings (SSSR count). The summed E-state index contributed by atoms with van der Waals surface area (Å²) in [6.07, 6.45) is 0.0872. The fourth-order valence-corrected chi connectivity index (χ4v) is 6.49. The Labute approximate surface area is 234 Å². The molecule has 0 spiro atoms. The molecule has 1 fully saturated rings. The zero-order valence-electron chi connectivity index (χ0n) is 22.5. The number of carbonyl (C=O) groups excluding carboxylic acids is 4. The van der Waals surface area contributed by atoms with Crippen LogP contribution in [0.25, 0.3) is 16.9 Å². The van der Waals surface area contributed by atoms with Gasteiger partial charge in [0, 0.05) is 17.1 Å². The van der Waals surface area contributed by atoms with Crippen LogP contribution in [0, 0.1) is 11.8 Å². The molecule has 214 valence electrons. The van der Waals surface area contributed by atoms with Crippen LogP contribution in [0.3, 0.4) is 0 Å². The van der Waals surface area contributed by atoms with Gasteiger partial charge in [-0.2, -0.15) is 0 Å². The van der Waals surface area contributed by atoms with Crippen molar-refractivity contribution < 1.29 is 44.4 Å². The monoisotopic (exact) mass is 563 g/mol. The summed E-state index contributed by atoms with van der Waals surface area (Å²) in [6, 6.07) is 8.39. The minimum atomic E-state index is -2.71. The first-order valence-electron chi connectivity index (χ1n) is 12.8. The van der Waals surface area contributed by atoms with Gasteiger partial charge in [-0.15, -0.1) is 0 Å². The number of nitrogens with one attached hydrogen (secondary N) is 1. The average Bonchev–Trinajstić information content (AvgIpc) is 2.90. The second-order valence-electron chi connectivity index (χ2n) is 10.7. The minimum absolute atomic E-state index is 0.0306. The van der Waals surface area contributed by atoms with E-state index in [-0.39, 0.29) is 29.7 Å². The number of ketones is 2. The maximum atomic E-state index is 14.0. The Morgan fingerprint density at radius 3 is 2.46 bits per heavy atom. The lowest BCUT2D eigenvalue weighted by molar-refractivity contribution is -0.153. The number of likely N-dealkylation sites (N-methyl/N-ethyl adjacent to an activating group) is 1. The molecule has 0 aliphatic heterocycles. The molecule has 3 aliphatic carbocycles. The molecule has 2 amide bonds. The van der Waals surface area contributed by atoms with Crippen molar-refractivity contribution in [1.29, 1.82) is 0 Å². The van der Waals surface area contributed by atoms with Crippen molar-refractivity contribution >= 4 is 29.1 Å². The van der Waals surface area contributed by atoms with Gasteiger partial charge in [0.25, 0.3) is 11.8 Å². The summed E-state index contributed by atoms with van der Waals surface area (Å²) in [5.41, 5.74) is 5.70. The molecule has 3 aliphatic rings. The Hall–Kier alpha value is -4.52. The van der Waals surface area contributed by atoms with Gasteiger partial charge in [-0.1, -0.05) is 18.2 Å². The molecule has 41 heavy (non-hydrogen) atoms. The van der Waals surface area contributed by atoms with E-state index in [1.807, 2.05) is 0 Å². The van der Waals surface area contributed by atoms with Gasteiger partial charge < -0.3 is 26.2 Å². The van der Waals surface area contributed by atoms with Gasteiger partial charge in [-0.25, -0.2) is 5.48 Å². The molecule has 2 aromatic carbocycles. The molecule has 12 nitrogen and oxygen atoms in total. The molecule has 0 heterocycles. The molecule has 0 bridgehead atoms. The van der Waals surface area contributed by atoms with Crippen molar-refractivity contribution in [2.45, 2.75) is 24.5 Å². The van der Waals surface area contributed by atoms with Crippen LogP contribution >= 0.6 is 0 Å². The van der Waals surface area contributed by atoms with E-state index in [1.165, 1.54) is 32.2 Å². The van der Waals surface area contributed by atoms with Crippen molar-refractivity contribution in [2.24, 2.45) is 17.6 Å². The van der Waals surface area contributed by atoms with Crippen molar-refractivity contribution in [1.82, 2.24) is 10.4 Å². The van der Waals surface area contributed by atoms with Crippen molar-refractivity contribution in [3.63, 3.8) is 0 Å². The number of aromatic hydroxyl groups is 1. The Morgan fingerprint density at radius 2 is 1.83 bits per heavy atom. The molecule has 4 atom stereocenters. The maximum Gasteiger partial charge on any atom is 0.274 e. The molecule has 0 saturated heterocycles. The highest BCUT2D eigenvalue weighted by Crippen LogP contribution is 2.53. The minimum Gasteiger partial charge on any atom is -0.508 e. The van der Waals surface area contributed by atoms with Gasteiger partial charge in [0.1, 0.15) is 22.8 Å². The number of nitrogens with zero attached hydrogens (tertiary/aromatic N) is 1. The van der Waals surface area contributed by atoms with Gasteiger partial charge in [0.05, 0.1) is 18.7 Å². The quantitative estimate of drug-likeness (QED) is 0.225. The maximum absolute atomic E-state index is 14.0. The van der Waals surface area contributed by atoms with E-state index in [4.69, 9.17) is 10.6 Å². The highest BCUT2D eigenvalue weighted by atomic mass is 16.6. The summed E-state index contributed by atoms with van der Waals surface area (Å²) in [7, 11) is 4.38. The number of carbonyl (C=O) groups is 4. The van der Waals surface area contributed by atoms with Gasteiger partial charge in [0.15, 0.2) is 11.4 Å². The van der Waals surface area contributed by atoms with Crippen LogP contribution in [-0.4, -0.2) is 81.6 Å². The van der Waals surface area contributed by atoms with Crippen LogP contribution in [0.1, 0.15) is 27.9 Å². The molecule has 1 unspecified atom stereocenters. The molecule has 7 N–H and O–H groups in total. The SMILES string of the molecule is CONC(=O)c1cccc(-c2ccc(O)c3c2C[C@@H]2C[C@H]4C(N(C)C)C(=O)C(C(N)=O)=C(O)[C@@]4(O)C(=O)C2=C3O)c1. The number of phenols is 1. The molecular weight excluding hydrogens is 534 g/mol. The summed E-state index contributed by atoms with van der Waals surface area (Å²) in [6.45, 7) is 0. The summed E-state index contributed by atoms with van der Waals surface area (Å²) in [4.78, 5) is 57.8. The number of Topliss-reactive ketones (excluding diaryl/α,β-unsaturated/α-hetero) is 2. The van der Waals surface area contributed by atoms with E-state index in [1.54, 1.807) is 30.3 Å². The largest absolute Gasteiger partial charge is 0.508 e. The lowest BCUT2D eigenvalue weighted by atomic mass is 9.57. The van der Waals surface area contributed by atoms with E-state index in [0.717, 1.165) is 0 Å². The zero-order chi connectivity index (χ0) is 30.0. The number of aliphatic hydroxyl groups excluding tert-OH is 2. The molecule has 0 radical (unpaired) electrons. The standard InChI is InChI=1S/C29H29N3O9/c1-32(2)22-17-11-14-10-16-15(12-5-4-6-13(9-12)28(39)31-41-3)7-8-18(33)20(16)23(34)19(14)25(36)29(17,40)26(37)21(24(22)35)27(30)38/h4-9,14,17,22,33-34,37,40H,10-11H2,1-3H3,(H2,30,38)(H,31,39)/t14-,17+,22?,29+/m1/s1. The van der Waals surface area contributed by atoms with E-state index >= 15 is 0 Å². The Bertz CT molecular complexity index is 1590. The van der Waals surface area contributed by atoms with E-state index in [2.05, 4.69) is 5.48 Å². The highest BCUT2D eigenvalue weighted by Gasteiger charge is 2.64. The Kier molecular flexibility index (Phi) is 6.72. The van der Waals surface area contributed by atoms with Crippen LogP contribution in [0.15, 0.2) is 53.3 Å². The van der Waals surface area contributed by atoms with Crippen LogP contribution in [-0.2, 0) is 25.6 Å². The number of fused-ring (bicyclic) bond motifs is 3. The molecule has 12 heteroatoms. The Morgan fingerprint density at radius 1 is 1.12 bits per heavy atom. The second-order valence-corrected chi connectivity index (χ2v) is 10.7. The summed E-state index contributed by atoms with van der Waals surface area (Å²) >= 11 is 0. The fourth-order valence-electron chi connectivity index (χ4n) is 6.49. The van der Waals surface area contributed by atoms with Crippen molar-refractivity contribution in [2.75, 3.05) is 21.2 Å². The van der Waals surface area contributed by atoms with Crippen LogP contribution in [0.2, 0.25) is 0 Å². The number of hydrogen-bond acceptors (Lipinski definition) is 10. The van der Waals surface area contributed by atoms with Gasteiger partial charge >= 0.3 is 0 Å². The molecule has 1 saturated carbocycles. The zero-order valence-corrected chi connectivity index (χ0v) is 22.5. The third-order valence-corrected chi connectivity index (χ3v) is 8.23. The number of nitrogens with two attached hydrogens (primary N) is 1. The van der Waals surface area contributed by atoms with E-state index in [0.29, 0.717) is 22.3 Å². The Balaban J connectivity index is 1.70. The van der Waals surface area contributed by atoms with Gasteiger partial charge in [-0.05, 0) is 67.7 Å². The number of hydroxylamine groups is 1. The number of aliphatic hydroxyl groups is 3. The highest BCUT2D eigenvalue weighted by molar-refractivity contribution is 6.24. The van der Waals surface area contributed by atoms with Crippen molar-refractivity contribution in [3.8, 4) is 16.9 Å². The summed E-state index contributed by atoms with van der Waals surface area (Å²) in [5.74, 6) is -7.64. The second kappa shape index (κ2) is 9.84. The normalized spacial score (nSPS) is 25.5. The third kappa shape index (κ3) is 4.02. The van der Waals surface area contributed by atoms with Crippen LogP contribution in [0.4, 0.5) is 0 Å². The first kappa shape index (κ1) is 28.0. The third-order valence-electron chi connectivity index (χ3n) is 8.23. The fraction of sp³-hybridized carbons (Fsp3) is 0.310. The van der Waals surface area contributed by atoms with E-state index < -0.39 is 64.0 Å². The summed E-state index contributed by atoms with van der Waals surface area (Å²) in [5, 5.41) is 44.9. The van der Waals surface area contributed by atoms with Crippen molar-refractivity contribution in [3.05, 3.63) is 70.0 Å². The molecule has 2 aromatic rings. The molecular formula is C29H29N3O9. The van der Waals surface area contributed by atoms with Crippen LogP contribution < -0.4 is 11.2 Å². The number of amides is 2. The topological polar surface area (TPSA) is 200 Å². The number of rotatable bonds is 5. The number of phenolic OH excluding ortho intramolecular Hbond substituents is 1. The number of hydrogen-bond donors (Lipinski definition) is 6. The van der Waals surface area contributed by atoms with Gasteiger partial charge in [-0.3, -0.25) is 28.9 Å². The smallest absolute Gasteiger partial charge is 0.274 e. The van der Waals surface area contributed by atoms with Crippen LogP contribution in [0.5, 0.6) is 5.75 Å². The number of benzene rings is 2. The number of primary amides is 1. The predicted octanol–water partition coefficient (Wildman–Crippen LogP) is 0.922. The van der Waals surface area contributed by atoms with E-state index in [9.17, 15) is 39.6 Å². The first-order chi connectivity index (χ1) is 19.3. The lowest BCUT2D eigenvalue weighted by Gasteiger charge is -2.50. The summed E-state index contributed by atoms with van der Waals surface area (Å²) < 4.78 is 0. The lowest BCUT2D eigenvalue weighted by Crippen LogP contribution is -2.65. The van der Waals surface area contributed by atoms with Gasteiger partial charge in [0.2, 0.25) is 5.78 Å². The molecule has 0 aromatic heterocycles. The predicted molar refractivity (Wildman–Crippen MR) is 144 cm³/mol.